The number of carbonyl (C=O) groups excluding carboxylic acids is 2. The molecule has 0 spiro atoms. The van der Waals surface area contributed by atoms with Crippen molar-refractivity contribution in [1.82, 2.24) is 9.80 Å². The van der Waals surface area contributed by atoms with Crippen LogP contribution < -0.4 is 69.3 Å². The maximum absolute atomic E-state index is 10.5. The van der Waals surface area contributed by atoms with Crippen LogP contribution in [-0.2, 0) is 19.2 Å². The molecule has 0 aliphatic rings. The standard InChI is InChI=1S/C10H16N2O8.BH3O3.2Na/c13-7(14)3-11(4-8(15)16)1-2-12(5-9(17)18)6-10(19)20;2-1(3)4;;/h1-6H2,(H,13,14)(H,15,16)(H,17,18)(H,19,20);2-4H;;/q;;2*+1/p-2. The van der Waals surface area contributed by atoms with Crippen molar-refractivity contribution >= 4 is 31.2 Å². The van der Waals surface area contributed by atoms with Gasteiger partial charge in [-0.05, 0) is 0 Å². The zero-order valence-corrected chi connectivity index (χ0v) is 18.4. The molecule has 0 amide bonds. The van der Waals surface area contributed by atoms with Crippen molar-refractivity contribution in [3.05, 3.63) is 0 Å². The minimum absolute atomic E-state index is 0. The third kappa shape index (κ3) is 28.5. The predicted octanol–water partition coefficient (Wildman–Crippen LogP) is -12.8. The summed E-state index contributed by atoms with van der Waals surface area (Å²) < 4.78 is 0. The molecule has 0 unspecified atom stereocenters. The van der Waals surface area contributed by atoms with Gasteiger partial charge < -0.3 is 45.1 Å². The van der Waals surface area contributed by atoms with Crippen LogP contribution in [0.1, 0.15) is 0 Å². The molecule has 138 valence electrons. The molecule has 0 aliphatic carbocycles. The Morgan fingerprint density at radius 2 is 0.923 bits per heavy atom. The van der Waals surface area contributed by atoms with Crippen LogP contribution in [-0.4, -0.2) is 106 Å². The van der Waals surface area contributed by atoms with Gasteiger partial charge in [-0.25, -0.2) is 0 Å². The average Bonchev–Trinajstić information content (AvgIpc) is 2.32. The van der Waals surface area contributed by atoms with E-state index >= 15 is 0 Å². The van der Waals surface area contributed by atoms with E-state index in [1.54, 1.807) is 0 Å². The summed E-state index contributed by atoms with van der Waals surface area (Å²) in [4.78, 5) is 43.9. The molecule has 0 saturated heterocycles. The van der Waals surface area contributed by atoms with Gasteiger partial charge in [0.1, 0.15) is 0 Å². The second kappa shape index (κ2) is 19.5. The van der Waals surface area contributed by atoms with Gasteiger partial charge in [0, 0.05) is 26.2 Å². The van der Waals surface area contributed by atoms with Gasteiger partial charge >= 0.3 is 78.4 Å². The van der Waals surface area contributed by atoms with Crippen LogP contribution in [0.4, 0.5) is 0 Å². The molecule has 0 rings (SSSR count). The summed E-state index contributed by atoms with van der Waals surface area (Å²) in [6.45, 7) is -2.75. The van der Waals surface area contributed by atoms with E-state index in [-0.39, 0.29) is 72.2 Å². The molecule has 5 N–H and O–H groups in total. The van der Waals surface area contributed by atoms with Crippen molar-refractivity contribution in [2.75, 3.05) is 39.3 Å². The largest absolute Gasteiger partial charge is 1.00 e. The Balaban J connectivity index is -0.000000363. The second-order valence-electron chi connectivity index (χ2n) is 4.30. The summed E-state index contributed by atoms with van der Waals surface area (Å²) in [5.41, 5.74) is 0. The number of carboxylic acids is 4. The van der Waals surface area contributed by atoms with Crippen LogP contribution in [0.25, 0.3) is 0 Å². The van der Waals surface area contributed by atoms with Gasteiger partial charge in [-0.3, -0.25) is 19.4 Å². The van der Waals surface area contributed by atoms with E-state index in [0.29, 0.717) is 0 Å². The minimum Gasteiger partial charge on any atom is -0.549 e. The van der Waals surface area contributed by atoms with E-state index in [4.69, 9.17) is 25.3 Å². The van der Waals surface area contributed by atoms with E-state index in [1.165, 1.54) is 0 Å². The van der Waals surface area contributed by atoms with Gasteiger partial charge in [0.25, 0.3) is 0 Å². The maximum atomic E-state index is 10.5. The molecule has 0 fully saturated rings. The Bertz CT molecular complexity index is 370. The first kappa shape index (κ1) is 33.3. The van der Waals surface area contributed by atoms with E-state index < -0.39 is 57.4 Å². The Hall–Kier alpha value is -0.255. The summed E-state index contributed by atoms with van der Waals surface area (Å²) in [6, 6.07) is 0. The number of hydrogen-bond donors (Lipinski definition) is 5. The Morgan fingerprint density at radius 3 is 1.12 bits per heavy atom. The van der Waals surface area contributed by atoms with E-state index in [0.717, 1.165) is 9.80 Å². The van der Waals surface area contributed by atoms with Crippen molar-refractivity contribution in [2.45, 2.75) is 0 Å². The zero-order valence-electron chi connectivity index (χ0n) is 14.4. The van der Waals surface area contributed by atoms with Crippen LogP contribution in [0.15, 0.2) is 0 Å². The molecule has 0 aromatic carbocycles. The number of carbonyl (C=O) groups is 4. The molecule has 0 heterocycles. The smallest absolute Gasteiger partial charge is 0.549 e. The normalized spacial score (nSPS) is 9.27. The summed E-state index contributed by atoms with van der Waals surface area (Å²) in [7, 11) is -2.17. The molecule has 0 bridgehead atoms. The number of hydrogen-bond acceptors (Lipinski definition) is 11. The molecular weight excluding hydrogens is 381 g/mol. The fraction of sp³-hybridized carbons (Fsp3) is 0.600. The molecule has 0 atom stereocenters. The summed E-state index contributed by atoms with van der Waals surface area (Å²) in [5, 5.41) is 59.5. The number of nitrogens with zero attached hydrogens (tertiary/aromatic N) is 2. The number of carboxylic acid groups (broad SMARTS) is 4. The Kier molecular flexibility index (Phi) is 25.0. The van der Waals surface area contributed by atoms with Crippen molar-refractivity contribution in [3.8, 4) is 0 Å². The van der Waals surface area contributed by atoms with Gasteiger partial charge in [0.05, 0.1) is 25.0 Å². The van der Waals surface area contributed by atoms with Crippen molar-refractivity contribution < 1.29 is 114 Å². The molecule has 16 heteroatoms. The van der Waals surface area contributed by atoms with Crippen LogP contribution >= 0.6 is 0 Å². The first-order valence-corrected chi connectivity index (χ1v) is 6.26. The summed E-state index contributed by atoms with van der Waals surface area (Å²) in [5.74, 6) is -5.52. The third-order valence-corrected chi connectivity index (χ3v) is 2.16. The molecule has 26 heavy (non-hydrogen) atoms. The van der Waals surface area contributed by atoms with Crippen LogP contribution in [0, 0.1) is 0 Å². The molecular formula is C10H17BN2Na2O11. The molecule has 0 aromatic heterocycles. The molecule has 13 nitrogen and oxygen atoms in total. The first-order chi connectivity index (χ1) is 10.9. The SMILES string of the molecule is O=C([O-])CN(CCN(CC(=O)O)CC(=O)O)CC(=O)[O-].OB(O)O.[Na+].[Na+]. The fourth-order valence-electron chi connectivity index (χ4n) is 1.46. The maximum Gasteiger partial charge on any atom is 1.00 e. The van der Waals surface area contributed by atoms with Crippen molar-refractivity contribution in [2.24, 2.45) is 0 Å². The van der Waals surface area contributed by atoms with Crippen LogP contribution in [0.3, 0.4) is 0 Å². The van der Waals surface area contributed by atoms with Crippen molar-refractivity contribution in [1.29, 1.82) is 0 Å². The van der Waals surface area contributed by atoms with Gasteiger partial charge in [0.2, 0.25) is 0 Å². The molecule has 0 aliphatic heterocycles. The first-order valence-electron chi connectivity index (χ1n) is 6.26. The quantitative estimate of drug-likeness (QED) is 0.204. The Morgan fingerprint density at radius 1 is 0.692 bits per heavy atom. The zero-order chi connectivity index (χ0) is 19.3. The number of aliphatic carboxylic acids is 4. The van der Waals surface area contributed by atoms with Gasteiger partial charge in [-0.1, -0.05) is 0 Å². The average molecular weight is 398 g/mol. The topological polar surface area (TPSA) is 222 Å². The van der Waals surface area contributed by atoms with Crippen molar-refractivity contribution in [3.63, 3.8) is 0 Å². The van der Waals surface area contributed by atoms with Gasteiger partial charge in [0.15, 0.2) is 0 Å². The monoisotopic (exact) mass is 398 g/mol. The molecule has 0 saturated carbocycles. The summed E-state index contributed by atoms with van der Waals surface area (Å²) in [6.07, 6.45) is 0. The van der Waals surface area contributed by atoms with Crippen LogP contribution in [0.5, 0.6) is 0 Å². The third-order valence-electron chi connectivity index (χ3n) is 2.16. The van der Waals surface area contributed by atoms with E-state index in [9.17, 15) is 29.4 Å². The second-order valence-corrected chi connectivity index (χ2v) is 4.30. The van der Waals surface area contributed by atoms with Gasteiger partial charge in [-0.15, -0.1) is 0 Å². The molecule has 0 radical (unpaired) electrons. The Labute approximate surface area is 193 Å². The van der Waals surface area contributed by atoms with E-state index in [1.807, 2.05) is 0 Å². The fourth-order valence-corrected chi connectivity index (χ4v) is 1.46. The number of rotatable bonds is 11. The van der Waals surface area contributed by atoms with Crippen LogP contribution in [0.2, 0.25) is 0 Å². The minimum atomic E-state index is -2.17. The van der Waals surface area contributed by atoms with E-state index in [2.05, 4.69) is 0 Å². The predicted molar refractivity (Wildman–Crippen MR) is 70.6 cm³/mol. The summed E-state index contributed by atoms with van der Waals surface area (Å²) >= 11 is 0. The molecule has 0 aromatic rings. The van der Waals surface area contributed by atoms with Gasteiger partial charge in [-0.2, -0.15) is 0 Å².